The molecule has 0 saturated heterocycles. The number of rotatable bonds is 2. The molecule has 108 valence electrons. The lowest BCUT2D eigenvalue weighted by atomic mass is 10.0. The van der Waals surface area contributed by atoms with E-state index in [0.717, 1.165) is 22.4 Å². The summed E-state index contributed by atoms with van der Waals surface area (Å²) < 4.78 is 10.9. The maximum absolute atomic E-state index is 11.3. The minimum atomic E-state index is -0.624. The summed E-state index contributed by atoms with van der Waals surface area (Å²) in [5.74, 6) is 0.722. The first-order valence-corrected chi connectivity index (χ1v) is 6.98. The van der Waals surface area contributed by atoms with Crippen molar-refractivity contribution in [2.75, 3.05) is 7.05 Å². The molecule has 1 aliphatic heterocycles. The van der Waals surface area contributed by atoms with Gasteiger partial charge in [-0.1, -0.05) is 41.9 Å². The number of hydrogen-bond donors (Lipinski definition) is 1. The van der Waals surface area contributed by atoms with Crippen LogP contribution in [0.5, 0.6) is 5.75 Å². The monoisotopic (exact) mass is 303 g/mol. The highest BCUT2D eigenvalue weighted by atomic mass is 35.5. The van der Waals surface area contributed by atoms with Gasteiger partial charge in [0.25, 0.3) is 0 Å². The van der Waals surface area contributed by atoms with Gasteiger partial charge in [0, 0.05) is 23.2 Å². The third kappa shape index (κ3) is 2.81. The number of halogens is 1. The molecule has 4 nitrogen and oxygen atoms in total. The Morgan fingerprint density at radius 3 is 2.81 bits per heavy atom. The molecule has 0 radical (unpaired) electrons. The second-order valence-electron chi connectivity index (χ2n) is 4.71. The van der Waals surface area contributed by atoms with Crippen LogP contribution in [0, 0.1) is 0 Å². The van der Waals surface area contributed by atoms with E-state index >= 15 is 0 Å². The van der Waals surface area contributed by atoms with E-state index in [-0.39, 0.29) is 0 Å². The zero-order valence-electron chi connectivity index (χ0n) is 11.4. The van der Waals surface area contributed by atoms with Gasteiger partial charge in [0.15, 0.2) is 0 Å². The van der Waals surface area contributed by atoms with Crippen LogP contribution >= 0.6 is 11.6 Å². The molecule has 3 rings (SSSR count). The number of fused-ring (bicyclic) bond motifs is 1. The molecule has 0 spiro atoms. The normalized spacial score (nSPS) is 16.0. The molecule has 0 aliphatic carbocycles. The van der Waals surface area contributed by atoms with Crippen molar-refractivity contribution in [3.05, 3.63) is 53.1 Å². The van der Waals surface area contributed by atoms with Gasteiger partial charge in [0.05, 0.1) is 6.42 Å². The first-order chi connectivity index (χ1) is 10.2. The second kappa shape index (κ2) is 5.66. The molecule has 1 atom stereocenters. The Labute approximate surface area is 127 Å². The van der Waals surface area contributed by atoms with Crippen LogP contribution in [0.15, 0.2) is 42.5 Å². The van der Waals surface area contributed by atoms with Gasteiger partial charge in [0.1, 0.15) is 5.75 Å². The van der Waals surface area contributed by atoms with E-state index in [0.29, 0.717) is 11.4 Å². The molecule has 1 amide bonds. The van der Waals surface area contributed by atoms with Gasteiger partial charge in [-0.05, 0) is 17.7 Å². The van der Waals surface area contributed by atoms with Crippen LogP contribution in [0.25, 0.3) is 11.1 Å². The van der Waals surface area contributed by atoms with E-state index in [9.17, 15) is 4.79 Å². The van der Waals surface area contributed by atoms with Crippen LogP contribution in [-0.2, 0) is 11.2 Å². The SMILES string of the molecule is CNC(=O)OC1Cc2cc(Cl)cc(-c3ccccc3)c2O1. The van der Waals surface area contributed by atoms with Crippen LogP contribution < -0.4 is 10.1 Å². The highest BCUT2D eigenvalue weighted by Crippen LogP contribution is 2.41. The number of carbonyl (C=O) groups is 1. The fourth-order valence-corrected chi connectivity index (χ4v) is 2.61. The third-order valence-corrected chi connectivity index (χ3v) is 3.51. The topological polar surface area (TPSA) is 47.6 Å². The Bertz CT molecular complexity index is 673. The number of alkyl carbamates (subject to hydrolysis) is 1. The van der Waals surface area contributed by atoms with E-state index < -0.39 is 12.4 Å². The lowest BCUT2D eigenvalue weighted by molar-refractivity contribution is -0.0153. The highest BCUT2D eigenvalue weighted by molar-refractivity contribution is 6.31. The standard InChI is InChI=1S/C16H14ClNO3/c1-18-16(19)21-14-8-11-7-12(17)9-13(15(11)20-14)10-5-3-2-4-6-10/h2-7,9,14H,8H2,1H3,(H,18,19). The highest BCUT2D eigenvalue weighted by Gasteiger charge is 2.29. The Kier molecular flexibility index (Phi) is 3.71. The molecular weight excluding hydrogens is 290 g/mol. The average Bonchev–Trinajstić information content (AvgIpc) is 2.89. The summed E-state index contributed by atoms with van der Waals surface area (Å²) in [6.07, 6.45) is -0.649. The molecule has 1 heterocycles. The zero-order chi connectivity index (χ0) is 14.8. The molecule has 2 aromatic rings. The molecule has 1 N–H and O–H groups in total. The van der Waals surface area contributed by atoms with Crippen LogP contribution in [-0.4, -0.2) is 19.4 Å². The largest absolute Gasteiger partial charge is 0.453 e. The maximum atomic E-state index is 11.3. The van der Waals surface area contributed by atoms with Crippen LogP contribution in [0.3, 0.4) is 0 Å². The van der Waals surface area contributed by atoms with E-state index in [4.69, 9.17) is 21.1 Å². The van der Waals surface area contributed by atoms with Crippen molar-refractivity contribution in [2.24, 2.45) is 0 Å². The molecule has 2 aromatic carbocycles. The van der Waals surface area contributed by atoms with Crippen molar-refractivity contribution in [1.82, 2.24) is 5.32 Å². The Balaban J connectivity index is 1.95. The van der Waals surface area contributed by atoms with Crippen molar-refractivity contribution in [1.29, 1.82) is 0 Å². The fraction of sp³-hybridized carbons (Fsp3) is 0.188. The molecule has 0 fully saturated rings. The second-order valence-corrected chi connectivity index (χ2v) is 5.15. The van der Waals surface area contributed by atoms with E-state index in [2.05, 4.69) is 5.32 Å². The van der Waals surface area contributed by atoms with Gasteiger partial charge in [-0.3, -0.25) is 0 Å². The molecule has 5 heteroatoms. The lowest BCUT2D eigenvalue weighted by Gasteiger charge is -2.13. The molecule has 0 aromatic heterocycles. The summed E-state index contributed by atoms with van der Waals surface area (Å²) in [4.78, 5) is 11.3. The van der Waals surface area contributed by atoms with Gasteiger partial charge in [-0.15, -0.1) is 0 Å². The van der Waals surface area contributed by atoms with Crippen molar-refractivity contribution in [3.8, 4) is 16.9 Å². The molecule has 0 saturated carbocycles. The maximum Gasteiger partial charge on any atom is 0.409 e. The van der Waals surface area contributed by atoms with Crippen molar-refractivity contribution >= 4 is 17.7 Å². The van der Waals surface area contributed by atoms with Crippen LogP contribution in [0.4, 0.5) is 4.79 Å². The zero-order valence-corrected chi connectivity index (χ0v) is 12.2. The smallest absolute Gasteiger partial charge is 0.409 e. The van der Waals surface area contributed by atoms with Gasteiger partial charge >= 0.3 is 6.09 Å². The first-order valence-electron chi connectivity index (χ1n) is 6.60. The third-order valence-electron chi connectivity index (χ3n) is 3.29. The summed E-state index contributed by atoms with van der Waals surface area (Å²) in [7, 11) is 1.51. The van der Waals surface area contributed by atoms with E-state index in [1.54, 1.807) is 0 Å². The lowest BCUT2D eigenvalue weighted by Crippen LogP contribution is -2.28. The van der Waals surface area contributed by atoms with Crippen molar-refractivity contribution in [2.45, 2.75) is 12.7 Å². The van der Waals surface area contributed by atoms with Gasteiger partial charge < -0.3 is 14.8 Å². The average molecular weight is 304 g/mol. The number of benzene rings is 2. The van der Waals surface area contributed by atoms with Gasteiger partial charge in [0.2, 0.25) is 6.29 Å². The number of hydrogen-bond acceptors (Lipinski definition) is 3. The quantitative estimate of drug-likeness (QED) is 0.921. The minimum absolute atomic E-state index is 0.489. The van der Waals surface area contributed by atoms with Crippen molar-refractivity contribution < 1.29 is 14.3 Å². The molecule has 1 aliphatic rings. The predicted molar refractivity (Wildman–Crippen MR) is 80.5 cm³/mol. The minimum Gasteiger partial charge on any atom is -0.453 e. The van der Waals surface area contributed by atoms with Crippen molar-refractivity contribution in [3.63, 3.8) is 0 Å². The summed E-state index contributed by atoms with van der Waals surface area (Å²) in [5, 5.41) is 3.05. The molecule has 0 bridgehead atoms. The molecule has 1 unspecified atom stereocenters. The van der Waals surface area contributed by atoms with E-state index in [1.165, 1.54) is 7.05 Å². The Morgan fingerprint density at radius 1 is 1.33 bits per heavy atom. The summed E-state index contributed by atoms with van der Waals surface area (Å²) in [5.41, 5.74) is 2.85. The number of nitrogens with one attached hydrogen (secondary N) is 1. The summed E-state index contributed by atoms with van der Waals surface area (Å²) >= 11 is 6.18. The number of amides is 1. The van der Waals surface area contributed by atoms with E-state index in [1.807, 2.05) is 42.5 Å². The van der Waals surface area contributed by atoms with Gasteiger partial charge in [-0.2, -0.15) is 0 Å². The molecular formula is C16H14ClNO3. The Hall–Kier alpha value is -2.20. The number of carbonyl (C=O) groups excluding carboxylic acids is 1. The fourth-order valence-electron chi connectivity index (χ4n) is 2.37. The molecule has 21 heavy (non-hydrogen) atoms. The van der Waals surface area contributed by atoms with Gasteiger partial charge in [-0.25, -0.2) is 4.79 Å². The van der Waals surface area contributed by atoms with Crippen LogP contribution in [0.2, 0.25) is 5.02 Å². The Morgan fingerprint density at radius 2 is 2.10 bits per heavy atom. The van der Waals surface area contributed by atoms with Crippen LogP contribution in [0.1, 0.15) is 5.56 Å². The summed E-state index contributed by atoms with van der Waals surface area (Å²) in [6.45, 7) is 0. The first kappa shape index (κ1) is 13.8. The summed E-state index contributed by atoms with van der Waals surface area (Å²) in [6, 6.07) is 13.5. The number of ether oxygens (including phenoxy) is 2. The predicted octanol–water partition coefficient (Wildman–Crippen LogP) is 3.62.